The van der Waals surface area contributed by atoms with E-state index in [0.717, 1.165) is 21.2 Å². The Balaban J connectivity index is 1.38. The van der Waals surface area contributed by atoms with Gasteiger partial charge in [-0.15, -0.1) is 0 Å². The van der Waals surface area contributed by atoms with Gasteiger partial charge in [0.25, 0.3) is 5.91 Å². The summed E-state index contributed by atoms with van der Waals surface area (Å²) in [5, 5.41) is 11.5. The first kappa shape index (κ1) is 49.9. The van der Waals surface area contributed by atoms with Crippen molar-refractivity contribution in [3.05, 3.63) is 154 Å². The Kier molecular flexibility index (Phi) is 17.1. The van der Waals surface area contributed by atoms with Gasteiger partial charge in [0.2, 0.25) is 5.95 Å². The number of aromatic amines is 1. The molecule has 5 unspecified atom stereocenters. The maximum Gasteiger partial charge on any atom is 0.350 e. The quantitative estimate of drug-likeness (QED) is 0.0206. The SMILES string of the molecule is CC/C=N/OP(OC1C(COC(c2ccccc2)(c2ccc(OC)cc2)c2ccc(OC)cc2)OC(c2cnn3c(=O)[nH]c(NC(=O)c4ccccc4)nc23)C1OCCOC)N(C(C)C)C(C)C. The third-order valence-corrected chi connectivity index (χ3v) is 13.3. The number of hydrogen-bond donors (Lipinski definition) is 2. The van der Waals surface area contributed by atoms with E-state index in [1.165, 1.54) is 6.20 Å². The fourth-order valence-corrected chi connectivity index (χ4v) is 9.84. The molecule has 18 heteroatoms. The third kappa shape index (κ3) is 11.1. The van der Waals surface area contributed by atoms with E-state index in [0.29, 0.717) is 29.0 Å². The van der Waals surface area contributed by atoms with Gasteiger partial charge in [0.15, 0.2) is 5.65 Å². The van der Waals surface area contributed by atoms with Crippen LogP contribution in [0.1, 0.15) is 79.8 Å². The molecule has 0 saturated carbocycles. The molecule has 2 aromatic heterocycles. The second-order valence-corrected chi connectivity index (χ2v) is 17.7. The standard InChI is InChI=1S/C50H60N7O10P/c1-9-28-52-67-68(57(33(2)3)34(4)5)66-44-42(32-64-50(36-18-14-11-15-19-36,37-20-24-39(61-7)25-21-37)38-22-26-40(62-8)27-23-38)65-43(45(44)63-30-29-60-6)41-31-51-56-46(41)53-48(55-49(56)59)54-47(58)35-16-12-10-13-17-35/h10-28,31,33-34,42-45H,9,29-30,32H2,1-8H3,(H2,53,54,55,58,59)/b52-28+. The fourth-order valence-electron chi connectivity index (χ4n) is 8.24. The zero-order chi connectivity index (χ0) is 48.2. The molecule has 17 nitrogen and oxygen atoms in total. The molecule has 0 spiro atoms. The molecule has 1 saturated heterocycles. The van der Waals surface area contributed by atoms with Crippen molar-refractivity contribution in [2.24, 2.45) is 5.16 Å². The maximum absolute atomic E-state index is 13.6. The molecule has 1 amide bonds. The van der Waals surface area contributed by atoms with Gasteiger partial charge in [-0.25, -0.2) is 9.46 Å². The lowest BCUT2D eigenvalue weighted by molar-refractivity contribution is -0.0805. The number of oxime groups is 1. The Morgan fingerprint density at radius 1 is 0.868 bits per heavy atom. The van der Waals surface area contributed by atoms with Crippen LogP contribution < -0.4 is 20.5 Å². The number of aromatic nitrogens is 4. The van der Waals surface area contributed by atoms with E-state index in [2.05, 4.69) is 52.9 Å². The van der Waals surface area contributed by atoms with Gasteiger partial charge in [-0.3, -0.25) is 15.1 Å². The molecule has 0 bridgehead atoms. The summed E-state index contributed by atoms with van der Waals surface area (Å²) in [4.78, 5) is 34.2. The van der Waals surface area contributed by atoms with Gasteiger partial charge in [-0.05, 0) is 87.2 Å². The molecule has 1 aliphatic heterocycles. The molecule has 68 heavy (non-hydrogen) atoms. The molecule has 6 aromatic rings. The zero-order valence-electron chi connectivity index (χ0n) is 39.6. The van der Waals surface area contributed by atoms with Crippen molar-refractivity contribution in [2.45, 2.75) is 83.1 Å². The monoisotopic (exact) mass is 949 g/mol. The van der Waals surface area contributed by atoms with Crippen molar-refractivity contribution in [1.29, 1.82) is 0 Å². The smallest absolute Gasteiger partial charge is 0.350 e. The largest absolute Gasteiger partial charge is 0.497 e. The second kappa shape index (κ2) is 23.3. The predicted octanol–water partition coefficient (Wildman–Crippen LogP) is 8.31. The van der Waals surface area contributed by atoms with Crippen LogP contribution in [0.4, 0.5) is 5.95 Å². The normalized spacial score (nSPS) is 17.9. The van der Waals surface area contributed by atoms with Crippen LogP contribution in [-0.4, -0.2) is 108 Å². The Morgan fingerprint density at radius 2 is 1.47 bits per heavy atom. The van der Waals surface area contributed by atoms with Gasteiger partial charge in [-0.2, -0.15) is 14.6 Å². The molecule has 2 N–H and O–H groups in total. The lowest BCUT2D eigenvalue weighted by atomic mass is 9.80. The summed E-state index contributed by atoms with van der Waals surface area (Å²) in [5.41, 5.74) is 1.54. The summed E-state index contributed by atoms with van der Waals surface area (Å²) in [6.45, 7) is 10.6. The Labute approximate surface area is 397 Å². The van der Waals surface area contributed by atoms with E-state index in [1.54, 1.807) is 57.9 Å². The highest BCUT2D eigenvalue weighted by molar-refractivity contribution is 7.44. The highest BCUT2D eigenvalue weighted by atomic mass is 31.2. The van der Waals surface area contributed by atoms with Crippen molar-refractivity contribution in [2.75, 3.05) is 46.5 Å². The Bertz CT molecular complexity index is 2560. The number of benzene rings is 4. The number of rotatable bonds is 23. The molecule has 1 fully saturated rings. The second-order valence-electron chi connectivity index (χ2n) is 16.4. The average Bonchev–Trinajstić information content (AvgIpc) is 3.93. The summed E-state index contributed by atoms with van der Waals surface area (Å²) >= 11 is 0. The number of hydrogen-bond acceptors (Lipinski definition) is 14. The average molecular weight is 950 g/mol. The number of nitrogens with zero attached hydrogens (tertiary/aromatic N) is 5. The number of amides is 1. The van der Waals surface area contributed by atoms with E-state index in [4.69, 9.17) is 42.6 Å². The molecule has 0 aliphatic carbocycles. The summed E-state index contributed by atoms with van der Waals surface area (Å²) < 4.78 is 54.7. The number of H-pyrrole nitrogens is 1. The molecule has 5 atom stereocenters. The number of anilines is 1. The van der Waals surface area contributed by atoms with Gasteiger partial charge in [0.05, 0.1) is 40.2 Å². The summed E-state index contributed by atoms with van der Waals surface area (Å²) in [5.74, 6) is 0.818. The van der Waals surface area contributed by atoms with Crippen LogP contribution in [0.5, 0.6) is 11.5 Å². The molecular weight excluding hydrogens is 890 g/mol. The number of ether oxygens (including phenoxy) is 6. The minimum Gasteiger partial charge on any atom is -0.497 e. The van der Waals surface area contributed by atoms with Crippen LogP contribution in [0.3, 0.4) is 0 Å². The van der Waals surface area contributed by atoms with E-state index < -0.39 is 50.1 Å². The number of fused-ring (bicyclic) bond motifs is 1. The van der Waals surface area contributed by atoms with E-state index in [9.17, 15) is 9.59 Å². The summed E-state index contributed by atoms with van der Waals surface area (Å²) in [7, 11) is 2.93. The minimum absolute atomic E-state index is 0.0189. The van der Waals surface area contributed by atoms with Gasteiger partial charge in [0, 0.05) is 36.5 Å². The molecule has 7 rings (SSSR count). The molecule has 1 aliphatic rings. The minimum atomic E-state index is -1.91. The fraction of sp³-hybridized carbons (Fsp3) is 0.380. The highest BCUT2D eigenvalue weighted by Crippen LogP contribution is 2.52. The first-order valence-corrected chi connectivity index (χ1v) is 23.7. The highest BCUT2D eigenvalue weighted by Gasteiger charge is 2.52. The molecule has 4 aromatic carbocycles. The molecular formula is C50H60N7O10P. The zero-order valence-corrected chi connectivity index (χ0v) is 40.5. The first-order valence-electron chi connectivity index (χ1n) is 22.6. The van der Waals surface area contributed by atoms with Gasteiger partial charge in [-0.1, -0.05) is 84.9 Å². The summed E-state index contributed by atoms with van der Waals surface area (Å²) in [6.07, 6.45) is 0.250. The van der Waals surface area contributed by atoms with Crippen LogP contribution in [0.15, 0.2) is 125 Å². The lowest BCUT2D eigenvalue weighted by Crippen LogP contribution is -2.43. The van der Waals surface area contributed by atoms with E-state index in [1.807, 2.05) is 85.8 Å². The number of carbonyl (C=O) groups is 1. The Hall–Kier alpha value is -6.04. The summed E-state index contributed by atoms with van der Waals surface area (Å²) in [6, 6.07) is 34.1. The van der Waals surface area contributed by atoms with Gasteiger partial charge < -0.3 is 37.6 Å². The number of carbonyl (C=O) groups excluding carboxylic acids is 1. The maximum atomic E-state index is 13.6. The topological polar surface area (TPSA) is 182 Å². The van der Waals surface area contributed by atoms with Crippen molar-refractivity contribution in [3.63, 3.8) is 0 Å². The van der Waals surface area contributed by atoms with Crippen LogP contribution in [0.2, 0.25) is 0 Å². The van der Waals surface area contributed by atoms with Crippen LogP contribution in [-0.2, 0) is 33.7 Å². The molecule has 360 valence electrons. The number of methoxy groups -OCH3 is 3. The Morgan fingerprint density at radius 3 is 2.04 bits per heavy atom. The van der Waals surface area contributed by atoms with Crippen molar-refractivity contribution in [3.8, 4) is 11.5 Å². The van der Waals surface area contributed by atoms with Gasteiger partial charge in [0.1, 0.15) is 41.5 Å². The van der Waals surface area contributed by atoms with Crippen LogP contribution >= 0.6 is 8.53 Å². The first-order chi connectivity index (χ1) is 33.0. The van der Waals surface area contributed by atoms with Gasteiger partial charge >= 0.3 is 14.2 Å². The molecule has 0 radical (unpaired) electrons. The van der Waals surface area contributed by atoms with Crippen molar-refractivity contribution < 1.29 is 42.4 Å². The molecule has 3 heterocycles. The van der Waals surface area contributed by atoms with Crippen molar-refractivity contribution in [1.82, 2.24) is 24.3 Å². The van der Waals surface area contributed by atoms with E-state index in [-0.39, 0.29) is 43.5 Å². The van der Waals surface area contributed by atoms with Crippen LogP contribution in [0, 0.1) is 0 Å². The van der Waals surface area contributed by atoms with Crippen molar-refractivity contribution >= 4 is 32.2 Å². The predicted molar refractivity (Wildman–Crippen MR) is 259 cm³/mol. The lowest BCUT2D eigenvalue weighted by Gasteiger charge is -2.38. The number of nitrogens with one attached hydrogen (secondary N) is 2. The third-order valence-electron chi connectivity index (χ3n) is 11.4. The van der Waals surface area contributed by atoms with E-state index >= 15 is 0 Å². The van der Waals surface area contributed by atoms with Crippen LogP contribution in [0.25, 0.3) is 5.65 Å².